The van der Waals surface area contributed by atoms with Gasteiger partial charge in [0.05, 0.1) is 44.3 Å². The van der Waals surface area contributed by atoms with E-state index in [2.05, 4.69) is 0 Å². The summed E-state index contributed by atoms with van der Waals surface area (Å²) in [6.07, 6.45) is 0.370. The van der Waals surface area contributed by atoms with Gasteiger partial charge in [0.15, 0.2) is 11.5 Å². The van der Waals surface area contributed by atoms with Gasteiger partial charge in [0.25, 0.3) is 0 Å². The molecule has 0 saturated heterocycles. The third kappa shape index (κ3) is 5.42. The maximum atomic E-state index is 13.6. The van der Waals surface area contributed by atoms with Gasteiger partial charge < -0.3 is 18.9 Å². The molecule has 180 valence electrons. The van der Waals surface area contributed by atoms with Gasteiger partial charge in [0.2, 0.25) is 10.0 Å². The molecule has 0 spiro atoms. The van der Waals surface area contributed by atoms with Crippen LogP contribution in [0, 0.1) is 0 Å². The topological polar surface area (TPSA) is 91.4 Å². The molecule has 0 bridgehead atoms. The lowest BCUT2D eigenvalue weighted by molar-refractivity contribution is -0.141. The Bertz CT molecular complexity index is 1070. The van der Waals surface area contributed by atoms with Crippen LogP contribution < -0.4 is 14.2 Å². The van der Waals surface area contributed by atoms with E-state index in [-0.39, 0.29) is 17.9 Å². The zero-order valence-electron chi connectivity index (χ0n) is 19.5. The molecule has 1 aliphatic rings. The molecule has 1 aliphatic heterocycles. The van der Waals surface area contributed by atoms with Crippen LogP contribution in [-0.4, -0.2) is 52.2 Å². The highest BCUT2D eigenvalue weighted by molar-refractivity contribution is 7.89. The van der Waals surface area contributed by atoms with Crippen LogP contribution in [0.2, 0.25) is 0 Å². The molecule has 0 fully saturated rings. The summed E-state index contributed by atoms with van der Waals surface area (Å²) in [4.78, 5) is 12.4. The van der Waals surface area contributed by atoms with Gasteiger partial charge in [-0.2, -0.15) is 4.31 Å². The smallest absolute Gasteiger partial charge is 0.307 e. The van der Waals surface area contributed by atoms with E-state index in [9.17, 15) is 13.2 Å². The SMILES string of the molecule is CCOc1ccc(S(=O)(=O)N2CCc3cc(OCC)c(OCC)cc3[C@@H]2CC(=O)OC)cc1. The number of hydrogen-bond donors (Lipinski definition) is 0. The molecule has 2 aromatic carbocycles. The highest BCUT2D eigenvalue weighted by Gasteiger charge is 2.38. The minimum atomic E-state index is -3.89. The van der Waals surface area contributed by atoms with Crippen LogP contribution in [-0.2, 0) is 26.0 Å². The number of carbonyl (C=O) groups is 1. The molecule has 2 aromatic rings. The van der Waals surface area contributed by atoms with E-state index in [1.165, 1.54) is 23.5 Å². The summed E-state index contributed by atoms with van der Waals surface area (Å²) < 4.78 is 50.4. The van der Waals surface area contributed by atoms with Crippen molar-refractivity contribution in [1.82, 2.24) is 4.31 Å². The van der Waals surface area contributed by atoms with E-state index in [0.29, 0.717) is 49.1 Å². The third-order valence-corrected chi connectivity index (χ3v) is 7.36. The summed E-state index contributed by atoms with van der Waals surface area (Å²) in [5.74, 6) is 1.23. The summed E-state index contributed by atoms with van der Waals surface area (Å²) in [5, 5.41) is 0. The maximum Gasteiger partial charge on any atom is 0.307 e. The monoisotopic (exact) mass is 477 g/mol. The predicted molar refractivity (Wildman–Crippen MR) is 123 cm³/mol. The first-order valence-corrected chi connectivity index (χ1v) is 12.5. The summed E-state index contributed by atoms with van der Waals surface area (Å²) in [5.41, 5.74) is 1.64. The van der Waals surface area contributed by atoms with E-state index in [4.69, 9.17) is 18.9 Å². The maximum absolute atomic E-state index is 13.6. The summed E-state index contributed by atoms with van der Waals surface area (Å²) in [6, 6.07) is 9.25. The molecule has 3 rings (SSSR count). The minimum Gasteiger partial charge on any atom is -0.494 e. The Balaban J connectivity index is 2.06. The van der Waals surface area contributed by atoms with E-state index in [1.807, 2.05) is 26.8 Å². The first-order chi connectivity index (χ1) is 15.8. The highest BCUT2D eigenvalue weighted by Crippen LogP contribution is 2.42. The Morgan fingerprint density at radius 3 is 2.15 bits per heavy atom. The number of carbonyl (C=O) groups excluding carboxylic acids is 1. The van der Waals surface area contributed by atoms with Gasteiger partial charge in [-0.25, -0.2) is 8.42 Å². The summed E-state index contributed by atoms with van der Waals surface area (Å²) in [6.45, 7) is 7.23. The molecular formula is C24H31NO7S. The van der Waals surface area contributed by atoms with Crippen LogP contribution in [0.5, 0.6) is 17.2 Å². The van der Waals surface area contributed by atoms with Crippen molar-refractivity contribution in [3.63, 3.8) is 0 Å². The van der Waals surface area contributed by atoms with Gasteiger partial charge >= 0.3 is 5.97 Å². The largest absolute Gasteiger partial charge is 0.494 e. The van der Waals surface area contributed by atoms with Crippen molar-refractivity contribution in [3.8, 4) is 17.2 Å². The fourth-order valence-electron chi connectivity index (χ4n) is 3.97. The normalized spacial score (nSPS) is 16.1. The first-order valence-electron chi connectivity index (χ1n) is 11.1. The Hall–Kier alpha value is -2.78. The number of fused-ring (bicyclic) bond motifs is 1. The number of methoxy groups -OCH3 is 1. The Morgan fingerprint density at radius 2 is 1.58 bits per heavy atom. The number of esters is 1. The Kier molecular flexibility index (Phi) is 8.20. The quantitative estimate of drug-likeness (QED) is 0.482. The number of sulfonamides is 1. The van der Waals surface area contributed by atoms with Crippen molar-refractivity contribution < 1.29 is 32.2 Å². The molecule has 1 heterocycles. The van der Waals surface area contributed by atoms with E-state index < -0.39 is 22.0 Å². The molecule has 0 N–H and O–H groups in total. The molecule has 0 amide bonds. The fourth-order valence-corrected chi connectivity index (χ4v) is 5.58. The molecule has 9 heteroatoms. The predicted octanol–water partition coefficient (Wildman–Crippen LogP) is 3.73. The van der Waals surface area contributed by atoms with E-state index >= 15 is 0 Å². The lowest BCUT2D eigenvalue weighted by Crippen LogP contribution is -2.41. The zero-order chi connectivity index (χ0) is 24.0. The molecule has 8 nitrogen and oxygen atoms in total. The summed E-state index contributed by atoms with van der Waals surface area (Å²) in [7, 11) is -2.59. The van der Waals surface area contributed by atoms with Gasteiger partial charge in [-0.3, -0.25) is 4.79 Å². The number of ether oxygens (including phenoxy) is 4. The standard InChI is InChI=1S/C24H31NO7S/c1-5-30-18-8-10-19(11-9-18)33(27,28)25-13-12-17-14-22(31-6-2)23(32-7-3)15-20(17)21(25)16-24(26)29-4/h8-11,14-15,21H,5-7,12-13,16H2,1-4H3/t21-/m0/s1. The van der Waals surface area contributed by atoms with Crippen LogP contribution in [0.25, 0.3) is 0 Å². The van der Waals surface area contributed by atoms with E-state index in [1.54, 1.807) is 18.2 Å². The second kappa shape index (κ2) is 10.9. The van der Waals surface area contributed by atoms with Crippen LogP contribution in [0.15, 0.2) is 41.3 Å². The number of hydrogen-bond acceptors (Lipinski definition) is 7. The Morgan fingerprint density at radius 1 is 0.970 bits per heavy atom. The van der Waals surface area contributed by atoms with Gasteiger partial charge in [-0.1, -0.05) is 0 Å². The van der Waals surface area contributed by atoms with Gasteiger partial charge in [-0.05, 0) is 74.7 Å². The first kappa shape index (κ1) is 24.9. The van der Waals surface area contributed by atoms with Crippen LogP contribution >= 0.6 is 0 Å². The molecule has 0 saturated carbocycles. The van der Waals surface area contributed by atoms with E-state index in [0.717, 1.165) is 5.56 Å². The average Bonchev–Trinajstić information content (AvgIpc) is 2.80. The molecular weight excluding hydrogens is 446 g/mol. The number of rotatable bonds is 10. The van der Waals surface area contributed by atoms with Gasteiger partial charge in [0, 0.05) is 6.54 Å². The van der Waals surface area contributed by atoms with Crippen LogP contribution in [0.3, 0.4) is 0 Å². The minimum absolute atomic E-state index is 0.112. The lowest BCUT2D eigenvalue weighted by atomic mass is 9.91. The third-order valence-electron chi connectivity index (χ3n) is 5.44. The number of nitrogens with zero attached hydrogens (tertiary/aromatic N) is 1. The van der Waals surface area contributed by atoms with Crippen molar-refractivity contribution in [3.05, 3.63) is 47.5 Å². The van der Waals surface area contributed by atoms with Crippen molar-refractivity contribution in [2.45, 2.75) is 44.6 Å². The summed E-state index contributed by atoms with van der Waals surface area (Å²) >= 11 is 0. The molecule has 1 atom stereocenters. The fraction of sp³-hybridized carbons (Fsp3) is 0.458. The van der Waals surface area contributed by atoms with Crippen molar-refractivity contribution >= 4 is 16.0 Å². The van der Waals surface area contributed by atoms with Crippen molar-refractivity contribution in [2.75, 3.05) is 33.5 Å². The van der Waals surface area contributed by atoms with Crippen LogP contribution in [0.1, 0.15) is 44.4 Å². The average molecular weight is 478 g/mol. The second-order valence-corrected chi connectivity index (χ2v) is 9.32. The number of benzene rings is 2. The van der Waals surface area contributed by atoms with Crippen LogP contribution in [0.4, 0.5) is 0 Å². The molecule has 0 aromatic heterocycles. The zero-order valence-corrected chi connectivity index (χ0v) is 20.3. The Labute approximate surface area is 195 Å². The molecule has 0 aliphatic carbocycles. The molecule has 0 radical (unpaired) electrons. The van der Waals surface area contributed by atoms with Gasteiger partial charge in [0.1, 0.15) is 5.75 Å². The molecule has 33 heavy (non-hydrogen) atoms. The molecule has 0 unspecified atom stereocenters. The second-order valence-electron chi connectivity index (χ2n) is 7.43. The van der Waals surface area contributed by atoms with Crippen molar-refractivity contribution in [1.29, 1.82) is 0 Å². The lowest BCUT2D eigenvalue weighted by Gasteiger charge is -2.36. The highest BCUT2D eigenvalue weighted by atomic mass is 32.2. The van der Waals surface area contributed by atoms with Crippen molar-refractivity contribution in [2.24, 2.45) is 0 Å². The van der Waals surface area contributed by atoms with Gasteiger partial charge in [-0.15, -0.1) is 0 Å².